The molecule has 0 aliphatic heterocycles. The van der Waals surface area contributed by atoms with Crippen LogP contribution in [0.5, 0.6) is 0 Å². The van der Waals surface area contributed by atoms with Crippen molar-refractivity contribution in [1.82, 2.24) is 10.2 Å². The first-order valence-electron chi connectivity index (χ1n) is 6.07. The maximum absolute atomic E-state index is 10.8. The van der Waals surface area contributed by atoms with Gasteiger partial charge in [0.25, 0.3) is 0 Å². The molecule has 1 aliphatic carbocycles. The molecule has 0 radical (unpaired) electrons. The van der Waals surface area contributed by atoms with E-state index in [1.807, 2.05) is 18.2 Å². The second-order valence-electron chi connectivity index (χ2n) is 4.58. The van der Waals surface area contributed by atoms with Crippen LogP contribution in [-0.2, 0) is 6.42 Å². The molecule has 92 valence electrons. The third-order valence-electron chi connectivity index (χ3n) is 3.50. The van der Waals surface area contributed by atoms with Gasteiger partial charge in [0.2, 0.25) is 0 Å². The molecule has 0 spiro atoms. The molecular formula is C15H10N2OS. The third kappa shape index (κ3) is 1.50. The molecule has 1 N–H and O–H groups in total. The Bertz CT molecular complexity index is 785. The predicted octanol–water partition coefficient (Wildman–Crippen LogP) is 3.52. The van der Waals surface area contributed by atoms with E-state index in [2.05, 4.69) is 28.4 Å². The van der Waals surface area contributed by atoms with Gasteiger partial charge in [-0.2, -0.15) is 5.10 Å². The summed E-state index contributed by atoms with van der Waals surface area (Å²) in [4.78, 5) is 12.6. The van der Waals surface area contributed by atoms with Crippen LogP contribution in [0.25, 0.3) is 21.8 Å². The summed E-state index contributed by atoms with van der Waals surface area (Å²) in [7, 11) is 0. The number of nitrogens with one attached hydrogen (secondary N) is 1. The van der Waals surface area contributed by atoms with E-state index in [4.69, 9.17) is 0 Å². The Kier molecular flexibility index (Phi) is 2.19. The van der Waals surface area contributed by atoms with Crippen LogP contribution in [0.1, 0.15) is 20.8 Å². The Hall–Kier alpha value is -2.20. The number of benzene rings is 1. The number of nitrogens with zero attached hydrogens (tertiary/aromatic N) is 1. The minimum atomic E-state index is 0.738. The summed E-state index contributed by atoms with van der Waals surface area (Å²) in [6.07, 6.45) is 1.79. The number of aromatic nitrogens is 2. The van der Waals surface area contributed by atoms with Gasteiger partial charge in [0.1, 0.15) is 5.69 Å². The fourth-order valence-electron chi connectivity index (χ4n) is 2.62. The molecule has 1 aliphatic rings. The second-order valence-corrected chi connectivity index (χ2v) is 5.69. The van der Waals surface area contributed by atoms with Gasteiger partial charge in [-0.3, -0.25) is 9.89 Å². The van der Waals surface area contributed by atoms with Crippen LogP contribution in [0.2, 0.25) is 0 Å². The molecule has 0 bridgehead atoms. The van der Waals surface area contributed by atoms with Crippen LogP contribution in [0.15, 0.2) is 36.4 Å². The van der Waals surface area contributed by atoms with E-state index >= 15 is 0 Å². The highest BCUT2D eigenvalue weighted by Gasteiger charge is 2.25. The molecule has 0 unspecified atom stereocenters. The molecule has 4 rings (SSSR count). The molecule has 4 heteroatoms. The van der Waals surface area contributed by atoms with Crippen LogP contribution in [-0.4, -0.2) is 16.5 Å². The monoisotopic (exact) mass is 266 g/mol. The van der Waals surface area contributed by atoms with Gasteiger partial charge in [0.15, 0.2) is 6.29 Å². The van der Waals surface area contributed by atoms with Gasteiger partial charge in [0, 0.05) is 17.5 Å². The van der Waals surface area contributed by atoms with E-state index in [-0.39, 0.29) is 0 Å². The maximum Gasteiger partial charge on any atom is 0.160 e. The van der Waals surface area contributed by atoms with Crippen LogP contribution in [0.4, 0.5) is 0 Å². The van der Waals surface area contributed by atoms with Crippen LogP contribution >= 0.6 is 11.3 Å². The summed E-state index contributed by atoms with van der Waals surface area (Å²) >= 11 is 1.48. The Morgan fingerprint density at radius 1 is 1.21 bits per heavy atom. The number of carbonyl (C=O) groups is 1. The first-order chi connectivity index (χ1) is 9.36. The fourth-order valence-corrected chi connectivity index (χ4v) is 3.46. The molecule has 0 saturated heterocycles. The van der Waals surface area contributed by atoms with E-state index in [9.17, 15) is 4.79 Å². The zero-order valence-corrected chi connectivity index (χ0v) is 10.8. The van der Waals surface area contributed by atoms with E-state index in [0.29, 0.717) is 0 Å². The number of hydrogen-bond acceptors (Lipinski definition) is 3. The number of aldehydes is 1. The molecule has 0 atom stereocenters. The normalized spacial score (nSPS) is 12.2. The standard InChI is InChI=1S/C15H10N2OS/c18-8-10-5-6-13(19-10)15-12-7-9-3-1-2-4-11(9)14(12)16-17-15/h1-6,8H,7H2,(H,16,17). The Labute approximate surface area is 113 Å². The number of H-pyrrole nitrogens is 1. The number of aromatic amines is 1. The van der Waals surface area contributed by atoms with Gasteiger partial charge in [0.05, 0.1) is 15.4 Å². The maximum atomic E-state index is 10.8. The molecular weight excluding hydrogens is 256 g/mol. The van der Waals surface area contributed by atoms with Crippen molar-refractivity contribution in [1.29, 1.82) is 0 Å². The molecule has 0 saturated carbocycles. The summed E-state index contributed by atoms with van der Waals surface area (Å²) in [6.45, 7) is 0. The summed E-state index contributed by atoms with van der Waals surface area (Å²) in [5.41, 5.74) is 5.90. The van der Waals surface area contributed by atoms with Crippen LogP contribution in [0.3, 0.4) is 0 Å². The Morgan fingerprint density at radius 3 is 2.95 bits per heavy atom. The van der Waals surface area contributed by atoms with Crippen molar-refractivity contribution in [3.05, 3.63) is 52.4 Å². The van der Waals surface area contributed by atoms with Gasteiger partial charge < -0.3 is 0 Å². The predicted molar refractivity (Wildman–Crippen MR) is 75.5 cm³/mol. The lowest BCUT2D eigenvalue weighted by Crippen LogP contribution is -1.84. The molecule has 1 aromatic carbocycles. The minimum Gasteiger partial charge on any atom is -0.297 e. The smallest absolute Gasteiger partial charge is 0.160 e. The Balaban J connectivity index is 1.86. The highest BCUT2D eigenvalue weighted by atomic mass is 32.1. The van der Waals surface area contributed by atoms with E-state index in [1.165, 1.54) is 28.0 Å². The summed E-state index contributed by atoms with van der Waals surface area (Å²) in [5.74, 6) is 0. The SMILES string of the molecule is O=Cc1ccc(-c2n[nH]c3c2Cc2ccccc2-3)s1. The van der Waals surface area contributed by atoms with Crippen LogP contribution < -0.4 is 0 Å². The van der Waals surface area contributed by atoms with Crippen molar-refractivity contribution in [3.63, 3.8) is 0 Å². The molecule has 19 heavy (non-hydrogen) atoms. The number of thiophene rings is 1. The minimum absolute atomic E-state index is 0.738. The number of hydrogen-bond donors (Lipinski definition) is 1. The zero-order valence-electron chi connectivity index (χ0n) is 10.0. The largest absolute Gasteiger partial charge is 0.297 e. The number of rotatable bonds is 2. The second kappa shape index (κ2) is 3.90. The number of fused-ring (bicyclic) bond motifs is 3. The van der Waals surface area contributed by atoms with Gasteiger partial charge >= 0.3 is 0 Å². The molecule has 0 amide bonds. The molecule has 0 fully saturated rings. The van der Waals surface area contributed by atoms with E-state index in [1.54, 1.807) is 0 Å². The van der Waals surface area contributed by atoms with Gasteiger partial charge in [-0.25, -0.2) is 0 Å². The lowest BCUT2D eigenvalue weighted by Gasteiger charge is -1.97. The summed E-state index contributed by atoms with van der Waals surface area (Å²) < 4.78 is 0. The number of carbonyl (C=O) groups excluding carboxylic acids is 1. The fraction of sp³-hybridized carbons (Fsp3) is 0.0667. The molecule has 3 nitrogen and oxygen atoms in total. The van der Waals surface area contributed by atoms with E-state index < -0.39 is 0 Å². The van der Waals surface area contributed by atoms with Crippen molar-refractivity contribution in [2.24, 2.45) is 0 Å². The van der Waals surface area contributed by atoms with Crippen molar-refractivity contribution in [2.75, 3.05) is 0 Å². The Morgan fingerprint density at radius 2 is 2.11 bits per heavy atom. The van der Waals surface area contributed by atoms with Crippen molar-refractivity contribution >= 4 is 17.6 Å². The van der Waals surface area contributed by atoms with Crippen molar-refractivity contribution in [2.45, 2.75) is 6.42 Å². The van der Waals surface area contributed by atoms with E-state index in [0.717, 1.165) is 33.8 Å². The van der Waals surface area contributed by atoms with Crippen LogP contribution in [0, 0.1) is 0 Å². The molecule has 2 aromatic heterocycles. The zero-order chi connectivity index (χ0) is 12.8. The lowest BCUT2D eigenvalue weighted by atomic mass is 10.1. The van der Waals surface area contributed by atoms with Crippen molar-refractivity contribution in [3.8, 4) is 21.8 Å². The highest BCUT2D eigenvalue weighted by Crippen LogP contribution is 2.41. The van der Waals surface area contributed by atoms with Gasteiger partial charge in [-0.1, -0.05) is 24.3 Å². The highest BCUT2D eigenvalue weighted by molar-refractivity contribution is 7.17. The van der Waals surface area contributed by atoms with Gasteiger partial charge in [-0.15, -0.1) is 11.3 Å². The first kappa shape index (κ1) is 10.7. The lowest BCUT2D eigenvalue weighted by molar-refractivity contribution is 0.112. The molecule has 2 heterocycles. The first-order valence-corrected chi connectivity index (χ1v) is 6.89. The van der Waals surface area contributed by atoms with Crippen molar-refractivity contribution < 1.29 is 4.79 Å². The summed E-state index contributed by atoms with van der Waals surface area (Å²) in [5, 5.41) is 7.56. The van der Waals surface area contributed by atoms with Gasteiger partial charge in [-0.05, 0) is 17.7 Å². The third-order valence-corrected chi connectivity index (χ3v) is 4.51. The average Bonchev–Trinajstić information content (AvgIpc) is 3.12. The molecule has 3 aromatic rings. The topological polar surface area (TPSA) is 45.8 Å². The average molecular weight is 266 g/mol. The summed E-state index contributed by atoms with van der Waals surface area (Å²) in [6, 6.07) is 12.2. The quantitative estimate of drug-likeness (QED) is 0.564.